The first-order chi connectivity index (χ1) is 15.5. The molecule has 3 aromatic carbocycles. The Morgan fingerprint density at radius 2 is 1.75 bits per heavy atom. The molecule has 0 bridgehead atoms. The van der Waals surface area contributed by atoms with Crippen molar-refractivity contribution in [1.29, 1.82) is 0 Å². The largest absolute Gasteiger partial charge is 0.483 e. The van der Waals surface area contributed by atoms with Crippen LogP contribution in [0.5, 0.6) is 5.75 Å². The minimum atomic E-state index is -0.298. The van der Waals surface area contributed by atoms with E-state index < -0.39 is 0 Å². The molecule has 0 saturated heterocycles. The van der Waals surface area contributed by atoms with Crippen LogP contribution >= 0.6 is 0 Å². The Morgan fingerprint density at radius 3 is 2.56 bits per heavy atom. The average Bonchev–Trinajstić information content (AvgIpc) is 3.06. The summed E-state index contributed by atoms with van der Waals surface area (Å²) in [6.07, 6.45) is 1.72. The molecule has 1 heterocycles. The number of aryl methyl sites for hydroxylation is 2. The van der Waals surface area contributed by atoms with Gasteiger partial charge in [-0.2, -0.15) is 5.10 Å². The molecule has 5 nitrogen and oxygen atoms in total. The van der Waals surface area contributed by atoms with Gasteiger partial charge in [-0.1, -0.05) is 60.7 Å². The maximum Gasteiger partial charge on any atom is 0.277 e. The highest BCUT2D eigenvalue weighted by Crippen LogP contribution is 2.25. The van der Waals surface area contributed by atoms with Gasteiger partial charge in [0.25, 0.3) is 5.91 Å². The van der Waals surface area contributed by atoms with Crippen LogP contribution in [-0.4, -0.2) is 23.3 Å². The predicted octanol–water partition coefficient (Wildman–Crippen LogP) is 5.14. The fourth-order valence-electron chi connectivity index (χ4n) is 3.80. The topological polar surface area (TPSA) is 55.6 Å². The van der Waals surface area contributed by atoms with E-state index in [9.17, 15) is 4.79 Å². The highest BCUT2D eigenvalue weighted by molar-refractivity contribution is 6.01. The SMILES string of the molecule is Cc1ccc(C)c(OCC(=O)N/N=C/c2c(C)n(Cc3ccccc3)c3ccccc23)c1. The number of nitrogens with zero attached hydrogens (tertiary/aromatic N) is 2. The summed E-state index contributed by atoms with van der Waals surface area (Å²) in [4.78, 5) is 12.2. The van der Waals surface area contributed by atoms with Crippen LogP contribution in [0.4, 0.5) is 0 Å². The third-order valence-electron chi connectivity index (χ3n) is 5.55. The lowest BCUT2D eigenvalue weighted by molar-refractivity contribution is -0.123. The van der Waals surface area contributed by atoms with Crippen LogP contribution in [-0.2, 0) is 11.3 Å². The second kappa shape index (κ2) is 9.52. The molecule has 5 heteroatoms. The van der Waals surface area contributed by atoms with Crippen molar-refractivity contribution in [3.63, 3.8) is 0 Å². The zero-order chi connectivity index (χ0) is 22.5. The standard InChI is InChI=1S/C27H27N3O2/c1-19-13-14-20(2)26(15-19)32-18-27(31)29-28-16-24-21(3)30(17-22-9-5-4-6-10-22)25-12-8-7-11-23(24)25/h4-16H,17-18H2,1-3H3,(H,29,31)/b28-16+. The molecule has 0 aliphatic heterocycles. The van der Waals surface area contributed by atoms with E-state index in [0.717, 1.165) is 39.8 Å². The third-order valence-corrected chi connectivity index (χ3v) is 5.55. The highest BCUT2D eigenvalue weighted by atomic mass is 16.5. The molecule has 0 saturated carbocycles. The summed E-state index contributed by atoms with van der Waals surface area (Å²) < 4.78 is 7.93. The van der Waals surface area contributed by atoms with Crippen molar-refractivity contribution in [1.82, 2.24) is 9.99 Å². The Labute approximate surface area is 188 Å². The van der Waals surface area contributed by atoms with Crippen LogP contribution in [0.2, 0.25) is 0 Å². The van der Waals surface area contributed by atoms with Crippen molar-refractivity contribution in [2.24, 2.45) is 5.10 Å². The maximum atomic E-state index is 12.2. The van der Waals surface area contributed by atoms with Gasteiger partial charge in [-0.25, -0.2) is 5.43 Å². The number of carbonyl (C=O) groups is 1. The summed E-state index contributed by atoms with van der Waals surface area (Å²) in [6, 6.07) is 24.5. The van der Waals surface area contributed by atoms with Crippen LogP contribution in [0.3, 0.4) is 0 Å². The van der Waals surface area contributed by atoms with Gasteiger partial charge in [0.15, 0.2) is 6.61 Å². The quantitative estimate of drug-likeness (QED) is 0.329. The van der Waals surface area contributed by atoms with Gasteiger partial charge in [0.1, 0.15) is 5.75 Å². The summed E-state index contributed by atoms with van der Waals surface area (Å²) in [5.41, 5.74) is 9.13. The van der Waals surface area contributed by atoms with E-state index in [1.54, 1.807) is 6.21 Å². The molecule has 32 heavy (non-hydrogen) atoms. The van der Waals surface area contributed by atoms with Crippen LogP contribution in [0, 0.1) is 20.8 Å². The van der Waals surface area contributed by atoms with Crippen molar-refractivity contribution < 1.29 is 9.53 Å². The van der Waals surface area contributed by atoms with Crippen molar-refractivity contribution in [3.05, 3.63) is 101 Å². The Bertz CT molecular complexity index is 1270. The van der Waals surface area contributed by atoms with E-state index in [0.29, 0.717) is 5.75 Å². The lowest BCUT2D eigenvalue weighted by Crippen LogP contribution is -2.24. The lowest BCUT2D eigenvalue weighted by atomic mass is 10.1. The Morgan fingerprint density at radius 1 is 1.00 bits per heavy atom. The van der Waals surface area contributed by atoms with Crippen LogP contribution < -0.4 is 10.2 Å². The second-order valence-electron chi connectivity index (χ2n) is 7.94. The van der Waals surface area contributed by atoms with E-state index in [1.807, 2.05) is 50.2 Å². The molecule has 0 spiro atoms. The van der Waals surface area contributed by atoms with E-state index in [2.05, 4.69) is 58.4 Å². The fraction of sp³-hybridized carbons (Fsp3) is 0.185. The Balaban J connectivity index is 1.48. The van der Waals surface area contributed by atoms with Gasteiger partial charge in [0, 0.05) is 28.7 Å². The van der Waals surface area contributed by atoms with Gasteiger partial charge in [-0.3, -0.25) is 4.79 Å². The van der Waals surface area contributed by atoms with Gasteiger partial charge >= 0.3 is 0 Å². The smallest absolute Gasteiger partial charge is 0.277 e. The molecule has 0 fully saturated rings. The van der Waals surface area contributed by atoms with Gasteiger partial charge in [0.05, 0.1) is 6.21 Å². The lowest BCUT2D eigenvalue weighted by Gasteiger charge is -2.09. The summed E-state index contributed by atoms with van der Waals surface area (Å²) >= 11 is 0. The van der Waals surface area contributed by atoms with Gasteiger partial charge < -0.3 is 9.30 Å². The molecule has 0 radical (unpaired) electrons. The number of hydrogen-bond acceptors (Lipinski definition) is 3. The summed E-state index contributed by atoms with van der Waals surface area (Å²) in [6.45, 7) is 6.72. The molecule has 0 atom stereocenters. The summed E-state index contributed by atoms with van der Waals surface area (Å²) in [5, 5.41) is 5.31. The minimum absolute atomic E-state index is 0.0869. The van der Waals surface area contributed by atoms with E-state index in [4.69, 9.17) is 4.74 Å². The number of benzene rings is 3. The summed E-state index contributed by atoms with van der Waals surface area (Å²) in [5.74, 6) is 0.414. The zero-order valence-electron chi connectivity index (χ0n) is 18.6. The van der Waals surface area contributed by atoms with Crippen molar-refractivity contribution in [3.8, 4) is 5.75 Å². The Kier molecular flexibility index (Phi) is 6.36. The number of nitrogens with one attached hydrogen (secondary N) is 1. The van der Waals surface area contributed by atoms with Crippen molar-refractivity contribution >= 4 is 23.0 Å². The van der Waals surface area contributed by atoms with Crippen LogP contribution in [0.1, 0.15) is 27.9 Å². The molecular weight excluding hydrogens is 398 g/mol. The zero-order valence-corrected chi connectivity index (χ0v) is 18.6. The van der Waals surface area contributed by atoms with E-state index >= 15 is 0 Å². The van der Waals surface area contributed by atoms with E-state index in [1.165, 1.54) is 5.56 Å². The normalized spacial score (nSPS) is 11.2. The predicted molar refractivity (Wildman–Crippen MR) is 129 cm³/mol. The van der Waals surface area contributed by atoms with Crippen LogP contribution in [0.15, 0.2) is 77.9 Å². The maximum absolute atomic E-state index is 12.2. The number of carbonyl (C=O) groups excluding carboxylic acids is 1. The molecule has 0 unspecified atom stereocenters. The first-order valence-electron chi connectivity index (χ1n) is 10.7. The number of para-hydroxylation sites is 1. The molecule has 4 aromatic rings. The fourth-order valence-corrected chi connectivity index (χ4v) is 3.80. The first-order valence-corrected chi connectivity index (χ1v) is 10.7. The number of fused-ring (bicyclic) bond motifs is 1. The minimum Gasteiger partial charge on any atom is -0.483 e. The summed E-state index contributed by atoms with van der Waals surface area (Å²) in [7, 11) is 0. The first kappa shape index (κ1) is 21.4. The Hall–Kier alpha value is -3.86. The van der Waals surface area contributed by atoms with E-state index in [-0.39, 0.29) is 12.5 Å². The number of hydrogen-bond donors (Lipinski definition) is 1. The number of aromatic nitrogens is 1. The molecule has 4 rings (SSSR count). The monoisotopic (exact) mass is 425 g/mol. The molecule has 1 N–H and O–H groups in total. The highest BCUT2D eigenvalue weighted by Gasteiger charge is 2.13. The molecule has 1 amide bonds. The molecule has 0 aliphatic rings. The number of hydrazone groups is 1. The van der Waals surface area contributed by atoms with Gasteiger partial charge in [-0.15, -0.1) is 0 Å². The third kappa shape index (κ3) is 4.72. The number of ether oxygens (including phenoxy) is 1. The number of amides is 1. The average molecular weight is 426 g/mol. The number of rotatable bonds is 7. The van der Waals surface area contributed by atoms with Crippen LogP contribution in [0.25, 0.3) is 10.9 Å². The molecule has 0 aliphatic carbocycles. The van der Waals surface area contributed by atoms with Gasteiger partial charge in [0.2, 0.25) is 0 Å². The second-order valence-corrected chi connectivity index (χ2v) is 7.94. The van der Waals surface area contributed by atoms with Crippen molar-refractivity contribution in [2.45, 2.75) is 27.3 Å². The molecular formula is C27H27N3O2. The van der Waals surface area contributed by atoms with Crippen molar-refractivity contribution in [2.75, 3.05) is 6.61 Å². The molecule has 162 valence electrons. The molecule has 1 aromatic heterocycles. The van der Waals surface area contributed by atoms with Gasteiger partial charge in [-0.05, 0) is 49.6 Å².